The summed E-state index contributed by atoms with van der Waals surface area (Å²) >= 11 is 0. The van der Waals surface area contributed by atoms with Gasteiger partial charge in [-0.15, -0.1) is 0 Å². The van der Waals surface area contributed by atoms with E-state index in [1.54, 1.807) is 57.2 Å². The van der Waals surface area contributed by atoms with Crippen molar-refractivity contribution in [3.63, 3.8) is 0 Å². The number of carbonyl (C=O) groups excluding carboxylic acids is 3. The second-order valence-corrected chi connectivity index (χ2v) is 22.4. The molecule has 6 rings (SSSR count). The standard InChI is InChI=1S/C52H72N4O12S2/c1-6-7-8-9-10-11-12-13-14-15-16-17-18-19-28-41(50(58)68-52(2,3)4)55-51(59)66-32-31-56(5)49(57)38-27-21-20-26-37(38)42-39-33-35-24-22-29-53-43(35)47(69(60,61)62)45(39)67-46-40(42)34-36-25-23-30-54-44(36)48(46)70(63,64)65/h20-21,26-27,33-34,41,53H,6-19,22-25,28-32H2,1-5H3,(H,55,59)(H,60,61,62)(H,63,64,65). The minimum absolute atomic E-state index is 0.0137. The highest BCUT2D eigenvalue weighted by molar-refractivity contribution is 7.86. The van der Waals surface area contributed by atoms with Crippen LogP contribution in [0.3, 0.4) is 0 Å². The second kappa shape index (κ2) is 24.4. The Bertz CT molecular complexity index is 2730. The van der Waals surface area contributed by atoms with E-state index < -0.39 is 65.4 Å². The summed E-state index contributed by atoms with van der Waals surface area (Å²) in [5.74, 6) is -1.87. The van der Waals surface area contributed by atoms with Crippen LogP contribution in [-0.4, -0.2) is 93.7 Å². The Kier molecular flexibility index (Phi) is 18.9. The Balaban J connectivity index is 1.18. The van der Waals surface area contributed by atoms with Crippen LogP contribution in [0.1, 0.15) is 169 Å². The number of nitrogens with one attached hydrogen (secondary N) is 2. The van der Waals surface area contributed by atoms with Crippen molar-refractivity contribution in [3.05, 3.63) is 74.8 Å². The lowest BCUT2D eigenvalue weighted by Gasteiger charge is -2.30. The third-order valence-corrected chi connectivity index (χ3v) is 14.7. The van der Waals surface area contributed by atoms with Gasteiger partial charge in [0.15, 0.2) is 21.3 Å². The maximum Gasteiger partial charge on any atom is 0.407 e. The number of rotatable bonds is 24. The van der Waals surface area contributed by atoms with E-state index in [4.69, 9.17) is 14.2 Å². The summed E-state index contributed by atoms with van der Waals surface area (Å²) in [6.45, 7) is 7.87. The SMILES string of the molecule is CCCCCCCCCCCCCCCCC(NC(=O)OCCN(C)C(=O)c1ccccc1C1=c2cc3c(c(S(=O)(=O)O)c2Oc2c1cc1c(c2S(=O)(=O)O)NCCC1)=NCCC3)C(=O)OC(C)(C)C. The van der Waals surface area contributed by atoms with Crippen molar-refractivity contribution in [2.75, 3.05) is 38.6 Å². The summed E-state index contributed by atoms with van der Waals surface area (Å²) < 4.78 is 91.9. The van der Waals surface area contributed by atoms with E-state index in [1.807, 2.05) is 0 Å². The van der Waals surface area contributed by atoms with Gasteiger partial charge in [0, 0.05) is 42.1 Å². The molecule has 0 radical (unpaired) electrons. The molecule has 1 atom stereocenters. The summed E-state index contributed by atoms with van der Waals surface area (Å²) in [6.07, 6.45) is 18.3. The van der Waals surface area contributed by atoms with Crippen LogP contribution in [0.2, 0.25) is 0 Å². The first-order valence-electron chi connectivity index (χ1n) is 25.1. The lowest BCUT2D eigenvalue weighted by Crippen LogP contribution is -2.45. The van der Waals surface area contributed by atoms with Crippen molar-refractivity contribution in [3.8, 4) is 11.5 Å². The monoisotopic (exact) mass is 1010 g/mol. The number of ether oxygens (including phenoxy) is 3. The van der Waals surface area contributed by atoms with Crippen molar-refractivity contribution in [1.29, 1.82) is 0 Å². The minimum Gasteiger partial charge on any atom is -0.458 e. The van der Waals surface area contributed by atoms with Crippen LogP contribution in [-0.2, 0) is 47.3 Å². The predicted molar refractivity (Wildman–Crippen MR) is 267 cm³/mol. The highest BCUT2D eigenvalue weighted by Crippen LogP contribution is 2.48. The highest BCUT2D eigenvalue weighted by atomic mass is 32.2. The minimum atomic E-state index is -5.06. The van der Waals surface area contributed by atoms with E-state index in [-0.39, 0.29) is 64.0 Å². The van der Waals surface area contributed by atoms with E-state index in [0.717, 1.165) is 19.3 Å². The molecule has 16 nitrogen and oxygen atoms in total. The number of anilines is 1. The van der Waals surface area contributed by atoms with Gasteiger partial charge in [-0.05, 0) is 87.8 Å². The van der Waals surface area contributed by atoms with Gasteiger partial charge in [0.1, 0.15) is 18.2 Å². The zero-order chi connectivity index (χ0) is 50.6. The van der Waals surface area contributed by atoms with Gasteiger partial charge in [-0.3, -0.25) is 18.9 Å². The number of nitrogens with zero attached hydrogens (tertiary/aromatic N) is 2. The lowest BCUT2D eigenvalue weighted by atomic mass is 9.86. The number of fused-ring (bicyclic) bond motifs is 4. The molecule has 3 aliphatic rings. The van der Waals surface area contributed by atoms with E-state index in [2.05, 4.69) is 22.5 Å². The van der Waals surface area contributed by atoms with Gasteiger partial charge in [0.25, 0.3) is 26.1 Å². The first-order chi connectivity index (χ1) is 33.3. The average Bonchev–Trinajstić information content (AvgIpc) is 3.29. The number of likely N-dealkylation sites (N-methyl/N-ethyl adjacent to an activating group) is 1. The number of aryl methyl sites for hydroxylation is 2. The van der Waals surface area contributed by atoms with Crippen LogP contribution >= 0.6 is 0 Å². The zero-order valence-electron chi connectivity index (χ0n) is 41.5. The molecule has 2 amide bonds. The Labute approximate surface area is 413 Å². The summed E-state index contributed by atoms with van der Waals surface area (Å²) in [5.41, 5.74) is 1.18. The Morgan fingerprint density at radius 3 is 2.06 bits per heavy atom. The highest BCUT2D eigenvalue weighted by Gasteiger charge is 2.38. The molecule has 1 unspecified atom stereocenters. The topological polar surface area (TPSA) is 227 Å². The van der Waals surface area contributed by atoms with Crippen molar-refractivity contribution in [2.24, 2.45) is 4.99 Å². The average molecular weight is 1010 g/mol. The van der Waals surface area contributed by atoms with Crippen LogP contribution in [0.4, 0.5) is 10.5 Å². The molecule has 384 valence electrons. The van der Waals surface area contributed by atoms with Crippen molar-refractivity contribution in [2.45, 2.75) is 171 Å². The lowest BCUT2D eigenvalue weighted by molar-refractivity contribution is -0.157. The smallest absolute Gasteiger partial charge is 0.407 e. The maximum atomic E-state index is 14.5. The van der Waals surface area contributed by atoms with Gasteiger partial charge in [-0.2, -0.15) is 16.8 Å². The Morgan fingerprint density at radius 1 is 0.814 bits per heavy atom. The molecule has 3 aliphatic heterocycles. The van der Waals surface area contributed by atoms with E-state index in [9.17, 15) is 40.3 Å². The summed E-state index contributed by atoms with van der Waals surface area (Å²) in [7, 11) is -8.58. The van der Waals surface area contributed by atoms with Crippen LogP contribution in [0.25, 0.3) is 5.57 Å². The van der Waals surface area contributed by atoms with Gasteiger partial charge in [0.2, 0.25) is 0 Å². The second-order valence-electron chi connectivity index (χ2n) is 19.7. The molecule has 0 spiro atoms. The van der Waals surface area contributed by atoms with Crippen LogP contribution in [0.15, 0.2) is 51.2 Å². The molecule has 0 bridgehead atoms. The summed E-state index contributed by atoms with van der Waals surface area (Å²) in [6, 6.07) is 8.97. The van der Waals surface area contributed by atoms with E-state index in [1.165, 1.54) is 76.2 Å². The first kappa shape index (κ1) is 54.3. The van der Waals surface area contributed by atoms with E-state index in [0.29, 0.717) is 56.2 Å². The molecule has 0 aliphatic carbocycles. The van der Waals surface area contributed by atoms with Gasteiger partial charge in [-0.25, -0.2) is 9.59 Å². The van der Waals surface area contributed by atoms with Crippen molar-refractivity contribution >= 4 is 49.5 Å². The van der Waals surface area contributed by atoms with Crippen LogP contribution in [0.5, 0.6) is 11.5 Å². The van der Waals surface area contributed by atoms with Gasteiger partial charge in [-0.1, -0.05) is 115 Å². The first-order valence-corrected chi connectivity index (χ1v) is 28.0. The van der Waals surface area contributed by atoms with Crippen LogP contribution < -0.4 is 25.9 Å². The van der Waals surface area contributed by atoms with Gasteiger partial charge in [0.05, 0.1) is 17.6 Å². The summed E-state index contributed by atoms with van der Waals surface area (Å²) in [5, 5.41) is 5.88. The molecule has 18 heteroatoms. The van der Waals surface area contributed by atoms with Gasteiger partial charge < -0.3 is 29.7 Å². The molecule has 3 heterocycles. The zero-order valence-corrected chi connectivity index (χ0v) is 43.1. The predicted octanol–water partition coefficient (Wildman–Crippen LogP) is 8.84. The fourth-order valence-corrected chi connectivity index (χ4v) is 11.2. The molecule has 0 saturated carbocycles. The summed E-state index contributed by atoms with van der Waals surface area (Å²) in [4.78, 5) is 45.4. The molecule has 4 N–H and O–H groups in total. The number of hydrogen-bond acceptors (Lipinski definition) is 12. The van der Waals surface area contributed by atoms with E-state index >= 15 is 0 Å². The third-order valence-electron chi connectivity index (χ3n) is 12.9. The number of carbonyl (C=O) groups is 3. The molecule has 3 aromatic carbocycles. The largest absolute Gasteiger partial charge is 0.458 e. The molecule has 0 fully saturated rings. The van der Waals surface area contributed by atoms with Crippen LogP contribution in [0, 0.1) is 0 Å². The number of esters is 1. The van der Waals surface area contributed by atoms with Crippen molar-refractivity contribution in [1.82, 2.24) is 10.2 Å². The molecular weight excluding hydrogens is 937 g/mol. The molecular formula is C52H72N4O12S2. The van der Waals surface area contributed by atoms with Crippen molar-refractivity contribution < 1.29 is 54.5 Å². The fraction of sp³-hybridized carbons (Fsp3) is 0.577. The number of unbranched alkanes of at least 4 members (excludes halogenated alkanes) is 13. The molecule has 0 aromatic heterocycles. The Morgan fingerprint density at radius 2 is 1.43 bits per heavy atom. The number of amides is 2. The maximum absolute atomic E-state index is 14.5. The molecule has 0 saturated heterocycles. The number of benzene rings is 3. The molecule has 70 heavy (non-hydrogen) atoms. The number of alkyl carbamates (subject to hydrolysis) is 1. The Hall–Kier alpha value is -5.04. The third kappa shape index (κ3) is 14.1. The molecule has 3 aromatic rings. The van der Waals surface area contributed by atoms with Gasteiger partial charge >= 0.3 is 12.1 Å². The fourth-order valence-electron chi connectivity index (χ4n) is 9.50. The number of hydrogen-bond donors (Lipinski definition) is 4. The quantitative estimate of drug-likeness (QED) is 0.0293. The normalized spacial score (nSPS) is 14.6.